The molecule has 0 unspecified atom stereocenters. The molecule has 3 N–H and O–H groups in total. The molecule has 184 valence electrons. The van der Waals surface area contributed by atoms with E-state index in [2.05, 4.69) is 88.2 Å². The highest BCUT2D eigenvalue weighted by molar-refractivity contribution is 5.97. The van der Waals surface area contributed by atoms with Gasteiger partial charge in [0.25, 0.3) is 0 Å². The van der Waals surface area contributed by atoms with Gasteiger partial charge in [-0.15, -0.1) is 0 Å². The van der Waals surface area contributed by atoms with Gasteiger partial charge in [0.1, 0.15) is 5.69 Å². The Kier molecular flexibility index (Phi) is 5.48. The number of nitrogens with zero attached hydrogens (tertiary/aromatic N) is 4. The zero-order valence-electron chi connectivity index (χ0n) is 21.3. The first-order chi connectivity index (χ1) is 17.8. The van der Waals surface area contributed by atoms with Crippen molar-refractivity contribution in [3.8, 4) is 22.8 Å². The number of fused-ring (bicyclic) bond motifs is 2. The number of allylic oxidation sites excluding steroid dienone is 5. The summed E-state index contributed by atoms with van der Waals surface area (Å²) >= 11 is 0. The van der Waals surface area contributed by atoms with E-state index in [1.165, 1.54) is 5.57 Å². The number of hydrogen-bond acceptors (Lipinski definition) is 5. The standard InChI is InChI=1S/C30H29N7/c1-18(14-30(2,3)4)33-21-12-20(15-31-16-21)25-13-23-26(17-32-25)36-37-28(23)29-34-24-11-7-10-22(27(24)35-29)19-8-5-6-9-19/h5,7-13,15-17,33H,1,6,14H2,2-4H3,(H,34,35)(H,36,37). The monoisotopic (exact) mass is 487 g/mol. The molecule has 7 heteroatoms. The van der Waals surface area contributed by atoms with Crippen LogP contribution in [0.25, 0.3) is 50.3 Å². The first-order valence-corrected chi connectivity index (χ1v) is 12.4. The van der Waals surface area contributed by atoms with E-state index >= 15 is 0 Å². The van der Waals surface area contributed by atoms with E-state index in [0.717, 1.165) is 74.5 Å². The molecule has 0 bridgehead atoms. The van der Waals surface area contributed by atoms with Gasteiger partial charge in [-0.05, 0) is 42.0 Å². The number of pyridine rings is 2. The number of H-pyrrole nitrogens is 2. The lowest BCUT2D eigenvalue weighted by Crippen LogP contribution is -2.10. The molecule has 0 spiro atoms. The van der Waals surface area contributed by atoms with Gasteiger partial charge in [-0.2, -0.15) is 5.10 Å². The first kappa shape index (κ1) is 22.9. The van der Waals surface area contributed by atoms with Crippen molar-refractivity contribution < 1.29 is 0 Å². The van der Waals surface area contributed by atoms with Crippen molar-refractivity contribution in [1.29, 1.82) is 0 Å². The molecule has 1 aromatic carbocycles. The molecule has 0 amide bonds. The lowest BCUT2D eigenvalue weighted by molar-refractivity contribution is 0.411. The largest absolute Gasteiger partial charge is 0.358 e. The second-order valence-electron chi connectivity index (χ2n) is 10.7. The molecule has 6 rings (SSSR count). The SMILES string of the molecule is C=C(CC(C)(C)C)Nc1cncc(-c2cc3c(-c4nc5c(C6=CCC=C6)cccc5[nH]4)n[nH]c3cn2)c1. The lowest BCUT2D eigenvalue weighted by atomic mass is 9.91. The maximum absolute atomic E-state index is 4.96. The van der Waals surface area contributed by atoms with Crippen molar-refractivity contribution in [2.24, 2.45) is 5.41 Å². The third-order valence-corrected chi connectivity index (χ3v) is 6.37. The van der Waals surface area contributed by atoms with Gasteiger partial charge in [-0.25, -0.2) is 4.98 Å². The Balaban J connectivity index is 1.36. The quantitative estimate of drug-likeness (QED) is 0.234. The van der Waals surface area contributed by atoms with Gasteiger partial charge in [0.15, 0.2) is 5.82 Å². The summed E-state index contributed by atoms with van der Waals surface area (Å²) in [5.74, 6) is 0.723. The van der Waals surface area contributed by atoms with Crippen LogP contribution < -0.4 is 5.32 Å². The number of benzene rings is 1. The van der Waals surface area contributed by atoms with E-state index in [0.29, 0.717) is 0 Å². The second kappa shape index (κ2) is 8.85. The summed E-state index contributed by atoms with van der Waals surface area (Å²) in [6, 6.07) is 10.3. The molecule has 0 fully saturated rings. The molecule has 0 aliphatic heterocycles. The van der Waals surface area contributed by atoms with Crippen molar-refractivity contribution in [2.75, 3.05) is 5.32 Å². The fourth-order valence-electron chi connectivity index (χ4n) is 4.83. The van der Waals surface area contributed by atoms with E-state index in [9.17, 15) is 0 Å². The van der Waals surface area contributed by atoms with E-state index in [4.69, 9.17) is 4.98 Å². The van der Waals surface area contributed by atoms with Crippen LogP contribution >= 0.6 is 0 Å². The van der Waals surface area contributed by atoms with Crippen molar-refractivity contribution in [3.63, 3.8) is 0 Å². The van der Waals surface area contributed by atoms with E-state index in [1.54, 1.807) is 6.20 Å². The fraction of sp³-hybridized carbons (Fsp3) is 0.200. The minimum Gasteiger partial charge on any atom is -0.358 e. The van der Waals surface area contributed by atoms with Crippen LogP contribution in [0.4, 0.5) is 5.69 Å². The Bertz CT molecular complexity index is 1710. The Hall–Kier alpha value is -4.52. The average molecular weight is 488 g/mol. The summed E-state index contributed by atoms with van der Waals surface area (Å²) in [5.41, 5.74) is 9.59. The van der Waals surface area contributed by atoms with Gasteiger partial charge >= 0.3 is 0 Å². The number of anilines is 1. The van der Waals surface area contributed by atoms with Crippen molar-refractivity contribution in [3.05, 3.63) is 85.0 Å². The van der Waals surface area contributed by atoms with Crippen molar-refractivity contribution >= 4 is 33.2 Å². The number of hydrogen-bond donors (Lipinski definition) is 3. The molecule has 0 atom stereocenters. The Labute approximate surface area is 215 Å². The van der Waals surface area contributed by atoms with Crippen LogP contribution in [0.15, 0.2) is 79.4 Å². The smallest absolute Gasteiger partial charge is 0.159 e. The summed E-state index contributed by atoms with van der Waals surface area (Å²) in [7, 11) is 0. The summed E-state index contributed by atoms with van der Waals surface area (Å²) < 4.78 is 0. The van der Waals surface area contributed by atoms with Gasteiger partial charge < -0.3 is 10.3 Å². The molecule has 1 aliphatic rings. The van der Waals surface area contributed by atoms with Crippen molar-refractivity contribution in [1.82, 2.24) is 30.1 Å². The van der Waals surface area contributed by atoms with Gasteiger partial charge in [0, 0.05) is 28.4 Å². The Morgan fingerprint density at radius 3 is 2.81 bits per heavy atom. The average Bonchev–Trinajstić information content (AvgIpc) is 3.61. The van der Waals surface area contributed by atoms with Crippen LogP contribution in [0.3, 0.4) is 0 Å². The zero-order valence-corrected chi connectivity index (χ0v) is 21.3. The number of rotatable bonds is 6. The number of para-hydroxylation sites is 1. The molecule has 0 saturated carbocycles. The number of aromatic nitrogens is 6. The molecular weight excluding hydrogens is 458 g/mol. The second-order valence-corrected chi connectivity index (χ2v) is 10.7. The molecule has 0 saturated heterocycles. The van der Waals surface area contributed by atoms with Crippen LogP contribution in [0.1, 0.15) is 39.2 Å². The maximum atomic E-state index is 4.96. The molecule has 0 radical (unpaired) electrons. The Morgan fingerprint density at radius 1 is 1.11 bits per heavy atom. The van der Waals surface area contributed by atoms with E-state index in [-0.39, 0.29) is 5.41 Å². The van der Waals surface area contributed by atoms with Gasteiger partial charge in [0.05, 0.1) is 40.3 Å². The minimum atomic E-state index is 0.154. The highest BCUT2D eigenvalue weighted by Crippen LogP contribution is 2.33. The van der Waals surface area contributed by atoms with Crippen LogP contribution in [0.2, 0.25) is 0 Å². The number of imidazole rings is 1. The predicted molar refractivity (Wildman–Crippen MR) is 151 cm³/mol. The lowest BCUT2D eigenvalue weighted by Gasteiger charge is -2.20. The summed E-state index contributed by atoms with van der Waals surface area (Å²) in [6.45, 7) is 10.8. The van der Waals surface area contributed by atoms with Gasteiger partial charge in [0.2, 0.25) is 0 Å². The molecule has 37 heavy (non-hydrogen) atoms. The van der Waals surface area contributed by atoms with Crippen molar-refractivity contribution in [2.45, 2.75) is 33.6 Å². The van der Waals surface area contributed by atoms with Gasteiger partial charge in [-0.3, -0.25) is 15.1 Å². The van der Waals surface area contributed by atoms with E-state index < -0.39 is 0 Å². The number of aromatic amines is 2. The van der Waals surface area contributed by atoms with E-state index in [1.807, 2.05) is 30.6 Å². The molecule has 4 aromatic heterocycles. The summed E-state index contributed by atoms with van der Waals surface area (Å²) in [6.07, 6.45) is 13.8. The Morgan fingerprint density at radius 2 is 2.00 bits per heavy atom. The summed E-state index contributed by atoms with van der Waals surface area (Å²) in [4.78, 5) is 17.5. The normalized spacial score (nSPS) is 13.4. The highest BCUT2D eigenvalue weighted by atomic mass is 15.1. The third kappa shape index (κ3) is 4.56. The van der Waals surface area contributed by atoms with Gasteiger partial charge in [-0.1, -0.05) is 57.7 Å². The summed E-state index contributed by atoms with van der Waals surface area (Å²) in [5, 5.41) is 12.0. The zero-order chi connectivity index (χ0) is 25.6. The predicted octanol–water partition coefficient (Wildman–Crippen LogP) is 7.27. The third-order valence-electron chi connectivity index (χ3n) is 6.37. The van der Waals surface area contributed by atoms with Crippen LogP contribution in [0, 0.1) is 5.41 Å². The first-order valence-electron chi connectivity index (χ1n) is 12.4. The van der Waals surface area contributed by atoms with Crippen LogP contribution in [-0.2, 0) is 0 Å². The topological polar surface area (TPSA) is 95.2 Å². The fourth-order valence-corrected chi connectivity index (χ4v) is 4.83. The minimum absolute atomic E-state index is 0.154. The molecular formula is C30H29N7. The van der Waals surface area contributed by atoms with Crippen LogP contribution in [0.5, 0.6) is 0 Å². The molecule has 7 nitrogen and oxygen atoms in total. The van der Waals surface area contributed by atoms with Crippen LogP contribution in [-0.4, -0.2) is 30.1 Å². The maximum Gasteiger partial charge on any atom is 0.159 e. The highest BCUT2D eigenvalue weighted by Gasteiger charge is 2.17. The number of nitrogens with one attached hydrogen (secondary N) is 3. The molecule has 4 heterocycles. The molecule has 1 aliphatic carbocycles. The molecule has 5 aromatic rings.